The molecule has 0 saturated heterocycles. The quantitative estimate of drug-likeness (QED) is 0.551. The van der Waals surface area contributed by atoms with Crippen LogP contribution in [0.25, 0.3) is 11.3 Å². The number of benzene rings is 1. The Balaban J connectivity index is 1.63. The monoisotopic (exact) mass is 456 g/mol. The standard InChI is InChI=1S/C24H23F3N4O2/c1-12-9-13(10-18(28)23(12)32)14-7-8-29-11-20(14)31-24(33)19-6-5-17(27)22(30-19)21-15(25)3-2-4-16(21)26/h2-8,11-13,18,23,32H,9-10,28H2,1H3,(H,31,33)/t12-,13?,18+,23+/m0/s1. The van der Waals surface area contributed by atoms with Crippen molar-refractivity contribution in [2.24, 2.45) is 11.7 Å². The SMILES string of the molecule is C[C@H]1CC(c2ccncc2NC(=O)c2ccc(F)c(-c3c(F)cccc3F)n2)C[C@@H](N)[C@@H]1O. The van der Waals surface area contributed by atoms with Crippen LogP contribution < -0.4 is 11.1 Å². The smallest absolute Gasteiger partial charge is 0.274 e. The maximum atomic E-state index is 14.3. The van der Waals surface area contributed by atoms with Gasteiger partial charge in [0.1, 0.15) is 28.8 Å². The second-order valence-corrected chi connectivity index (χ2v) is 8.34. The van der Waals surface area contributed by atoms with Crippen molar-refractivity contribution in [2.75, 3.05) is 5.32 Å². The molecular formula is C24H23F3N4O2. The first-order valence-electron chi connectivity index (χ1n) is 10.6. The minimum absolute atomic E-state index is 0.0130. The summed E-state index contributed by atoms with van der Waals surface area (Å²) < 4.78 is 42.7. The van der Waals surface area contributed by atoms with Gasteiger partial charge < -0.3 is 16.2 Å². The highest BCUT2D eigenvalue weighted by atomic mass is 19.1. The third-order valence-corrected chi connectivity index (χ3v) is 6.06. The van der Waals surface area contributed by atoms with Gasteiger partial charge in [0.15, 0.2) is 0 Å². The maximum Gasteiger partial charge on any atom is 0.274 e. The molecule has 0 bridgehead atoms. The van der Waals surface area contributed by atoms with Crippen LogP contribution in [0.3, 0.4) is 0 Å². The van der Waals surface area contributed by atoms with Crippen LogP contribution in [0.4, 0.5) is 18.9 Å². The number of nitrogens with zero attached hydrogens (tertiary/aromatic N) is 2. The van der Waals surface area contributed by atoms with E-state index in [4.69, 9.17) is 5.73 Å². The zero-order valence-corrected chi connectivity index (χ0v) is 17.8. The second-order valence-electron chi connectivity index (χ2n) is 8.34. The fraction of sp³-hybridized carbons (Fsp3) is 0.292. The van der Waals surface area contributed by atoms with Crippen molar-refractivity contribution in [1.82, 2.24) is 9.97 Å². The number of amides is 1. The van der Waals surface area contributed by atoms with Gasteiger partial charge in [0.2, 0.25) is 0 Å². The second kappa shape index (κ2) is 9.29. The molecule has 9 heteroatoms. The number of halogens is 3. The molecule has 4 N–H and O–H groups in total. The highest BCUT2D eigenvalue weighted by Gasteiger charge is 2.34. The van der Waals surface area contributed by atoms with E-state index in [-0.39, 0.29) is 17.5 Å². The summed E-state index contributed by atoms with van der Waals surface area (Å²) in [6.45, 7) is 1.92. The van der Waals surface area contributed by atoms with Gasteiger partial charge >= 0.3 is 0 Å². The number of hydrogen-bond acceptors (Lipinski definition) is 5. The van der Waals surface area contributed by atoms with Crippen LogP contribution in [0.5, 0.6) is 0 Å². The molecule has 6 nitrogen and oxygen atoms in total. The molecule has 33 heavy (non-hydrogen) atoms. The molecule has 2 aromatic heterocycles. The predicted octanol–water partition coefficient (Wildman–Crippen LogP) is 4.01. The van der Waals surface area contributed by atoms with E-state index in [9.17, 15) is 23.1 Å². The molecule has 172 valence electrons. The molecule has 0 aliphatic heterocycles. The average Bonchev–Trinajstić information content (AvgIpc) is 2.78. The van der Waals surface area contributed by atoms with E-state index in [0.717, 1.165) is 35.9 Å². The minimum atomic E-state index is -0.988. The normalized spacial score (nSPS) is 22.7. The van der Waals surface area contributed by atoms with Gasteiger partial charge in [0.25, 0.3) is 5.91 Å². The molecule has 1 unspecified atom stereocenters. The molecule has 3 aromatic rings. The first-order valence-corrected chi connectivity index (χ1v) is 10.6. The van der Waals surface area contributed by atoms with Gasteiger partial charge in [-0.1, -0.05) is 13.0 Å². The molecule has 1 aliphatic rings. The molecule has 1 aliphatic carbocycles. The number of rotatable bonds is 4. The number of nitrogens with two attached hydrogens (primary N) is 1. The Morgan fingerprint density at radius 1 is 1.09 bits per heavy atom. The maximum absolute atomic E-state index is 14.3. The van der Waals surface area contributed by atoms with Crippen molar-refractivity contribution in [2.45, 2.75) is 37.8 Å². The van der Waals surface area contributed by atoms with Crippen LogP contribution in [0, 0.1) is 23.4 Å². The molecule has 2 heterocycles. The third kappa shape index (κ3) is 4.60. The van der Waals surface area contributed by atoms with Crippen molar-refractivity contribution in [3.63, 3.8) is 0 Å². The number of pyridine rings is 2. The number of anilines is 1. The van der Waals surface area contributed by atoms with E-state index >= 15 is 0 Å². The lowest BCUT2D eigenvalue weighted by Crippen LogP contribution is -2.44. The van der Waals surface area contributed by atoms with Gasteiger partial charge in [-0.25, -0.2) is 18.2 Å². The lowest BCUT2D eigenvalue weighted by molar-refractivity contribution is 0.0521. The molecule has 1 amide bonds. The Morgan fingerprint density at radius 3 is 2.52 bits per heavy atom. The lowest BCUT2D eigenvalue weighted by Gasteiger charge is -2.36. The molecular weight excluding hydrogens is 433 g/mol. The van der Waals surface area contributed by atoms with E-state index in [2.05, 4.69) is 15.3 Å². The van der Waals surface area contributed by atoms with E-state index < -0.39 is 46.8 Å². The van der Waals surface area contributed by atoms with Gasteiger partial charge in [-0.05, 0) is 60.6 Å². The number of aliphatic hydroxyl groups excluding tert-OH is 1. The van der Waals surface area contributed by atoms with Crippen LogP contribution in [-0.4, -0.2) is 33.1 Å². The summed E-state index contributed by atoms with van der Waals surface area (Å²) in [7, 11) is 0. The fourth-order valence-corrected chi connectivity index (χ4v) is 4.35. The van der Waals surface area contributed by atoms with Crippen LogP contribution in [0.1, 0.15) is 41.7 Å². The summed E-state index contributed by atoms with van der Waals surface area (Å²) in [4.78, 5) is 20.9. The van der Waals surface area contributed by atoms with E-state index in [1.54, 1.807) is 12.3 Å². The molecule has 4 rings (SSSR count). The highest BCUT2D eigenvalue weighted by Crippen LogP contribution is 2.38. The predicted molar refractivity (Wildman–Crippen MR) is 117 cm³/mol. The molecule has 4 atom stereocenters. The zero-order chi connectivity index (χ0) is 23.7. The largest absolute Gasteiger partial charge is 0.391 e. The summed E-state index contributed by atoms with van der Waals surface area (Å²) in [6.07, 6.45) is 3.69. The molecule has 1 fully saturated rings. The van der Waals surface area contributed by atoms with Gasteiger partial charge in [0, 0.05) is 12.2 Å². The minimum Gasteiger partial charge on any atom is -0.391 e. The lowest BCUT2D eigenvalue weighted by atomic mass is 9.74. The van der Waals surface area contributed by atoms with Crippen molar-refractivity contribution >= 4 is 11.6 Å². The summed E-state index contributed by atoms with van der Waals surface area (Å²) in [5, 5.41) is 12.9. The number of aliphatic hydroxyl groups is 1. The number of carbonyl (C=O) groups excluding carboxylic acids is 1. The zero-order valence-electron chi connectivity index (χ0n) is 17.8. The molecule has 1 saturated carbocycles. The summed E-state index contributed by atoms with van der Waals surface area (Å²) in [5.41, 5.74) is 5.86. The van der Waals surface area contributed by atoms with Gasteiger partial charge in [0.05, 0.1) is 23.6 Å². The average molecular weight is 456 g/mol. The molecule has 0 spiro atoms. The summed E-state index contributed by atoms with van der Waals surface area (Å²) >= 11 is 0. The molecule has 0 radical (unpaired) electrons. The number of carbonyl (C=O) groups is 1. The third-order valence-electron chi connectivity index (χ3n) is 6.06. The van der Waals surface area contributed by atoms with Crippen molar-refractivity contribution in [1.29, 1.82) is 0 Å². The van der Waals surface area contributed by atoms with Gasteiger partial charge in [-0.3, -0.25) is 9.78 Å². The Morgan fingerprint density at radius 2 is 1.82 bits per heavy atom. The number of hydrogen-bond donors (Lipinski definition) is 3. The summed E-state index contributed by atoms with van der Waals surface area (Å²) in [5.74, 6) is -3.65. The molecule has 1 aromatic carbocycles. The van der Waals surface area contributed by atoms with Crippen molar-refractivity contribution in [3.8, 4) is 11.3 Å². The number of nitrogens with one attached hydrogen (secondary N) is 1. The van der Waals surface area contributed by atoms with E-state index in [0.29, 0.717) is 18.5 Å². The Kier molecular flexibility index (Phi) is 6.44. The van der Waals surface area contributed by atoms with Gasteiger partial charge in [-0.15, -0.1) is 0 Å². The Bertz CT molecular complexity index is 1160. The Labute approximate surface area is 188 Å². The van der Waals surface area contributed by atoms with Crippen LogP contribution in [-0.2, 0) is 0 Å². The number of aromatic nitrogens is 2. The first kappa shape index (κ1) is 22.9. The highest BCUT2D eigenvalue weighted by molar-refractivity contribution is 6.03. The van der Waals surface area contributed by atoms with Crippen LogP contribution >= 0.6 is 0 Å². The van der Waals surface area contributed by atoms with Gasteiger partial charge in [-0.2, -0.15) is 0 Å². The van der Waals surface area contributed by atoms with Crippen LogP contribution in [0.2, 0.25) is 0 Å². The van der Waals surface area contributed by atoms with Crippen LogP contribution in [0.15, 0.2) is 48.8 Å². The summed E-state index contributed by atoms with van der Waals surface area (Å²) in [6, 6.07) is 6.59. The topological polar surface area (TPSA) is 101 Å². The van der Waals surface area contributed by atoms with E-state index in [1.807, 2.05) is 6.92 Å². The van der Waals surface area contributed by atoms with Crippen molar-refractivity contribution in [3.05, 3.63) is 77.5 Å². The van der Waals surface area contributed by atoms with Crippen molar-refractivity contribution < 1.29 is 23.1 Å². The van der Waals surface area contributed by atoms with E-state index in [1.165, 1.54) is 6.20 Å². The Hall–Kier alpha value is -3.30. The fourth-order valence-electron chi connectivity index (χ4n) is 4.35. The first-order chi connectivity index (χ1) is 15.8.